The van der Waals surface area contributed by atoms with Crippen LogP contribution in [0.4, 0.5) is 0 Å². The maximum atomic E-state index is 5.81. The van der Waals surface area contributed by atoms with Crippen molar-refractivity contribution in [2.75, 3.05) is 46.4 Å². The van der Waals surface area contributed by atoms with Crippen LogP contribution in [0, 0.1) is 0 Å². The second kappa shape index (κ2) is 8.25. The first-order chi connectivity index (χ1) is 10.2. The predicted octanol–water partition coefficient (Wildman–Crippen LogP) is 2.49. The summed E-state index contributed by atoms with van der Waals surface area (Å²) in [6, 6.07) is 7.94. The lowest BCUT2D eigenvalue weighted by Crippen LogP contribution is -2.45. The van der Waals surface area contributed by atoms with Crippen molar-refractivity contribution in [3.05, 3.63) is 24.3 Å². The molecule has 0 amide bonds. The topological polar surface area (TPSA) is 24.9 Å². The van der Waals surface area contributed by atoms with E-state index in [-0.39, 0.29) is 6.10 Å². The Morgan fingerprint density at radius 2 is 1.67 bits per heavy atom. The number of benzene rings is 1. The van der Waals surface area contributed by atoms with E-state index in [0.29, 0.717) is 0 Å². The summed E-state index contributed by atoms with van der Waals surface area (Å²) in [7, 11) is 2.18. The summed E-state index contributed by atoms with van der Waals surface area (Å²) >= 11 is 0. The molecule has 0 N–H and O–H groups in total. The van der Waals surface area contributed by atoms with Crippen molar-refractivity contribution in [1.82, 2.24) is 9.80 Å². The first-order valence-electron chi connectivity index (χ1n) is 7.98. The molecule has 0 radical (unpaired) electrons. The second-order valence-corrected chi connectivity index (χ2v) is 5.80. The SMILES string of the molecule is CC[C@H](C)Oc1ccc(OCCN2CCN(C)CC2)cc1. The van der Waals surface area contributed by atoms with E-state index in [1.807, 2.05) is 24.3 Å². The Hall–Kier alpha value is -1.26. The van der Waals surface area contributed by atoms with E-state index < -0.39 is 0 Å². The monoisotopic (exact) mass is 292 g/mol. The van der Waals surface area contributed by atoms with Crippen molar-refractivity contribution in [2.24, 2.45) is 0 Å². The number of hydrogen-bond acceptors (Lipinski definition) is 4. The average Bonchev–Trinajstić information content (AvgIpc) is 2.51. The van der Waals surface area contributed by atoms with E-state index in [9.17, 15) is 0 Å². The fraction of sp³-hybridized carbons (Fsp3) is 0.647. The quantitative estimate of drug-likeness (QED) is 0.771. The molecule has 1 atom stereocenters. The molecular formula is C17H28N2O2. The van der Waals surface area contributed by atoms with Gasteiger partial charge in [0, 0.05) is 32.7 Å². The minimum Gasteiger partial charge on any atom is -0.492 e. The zero-order valence-corrected chi connectivity index (χ0v) is 13.5. The first kappa shape index (κ1) is 16.1. The van der Waals surface area contributed by atoms with Crippen LogP contribution in [-0.2, 0) is 0 Å². The third kappa shape index (κ3) is 5.56. The highest BCUT2D eigenvalue weighted by Crippen LogP contribution is 2.19. The van der Waals surface area contributed by atoms with Gasteiger partial charge in [-0.2, -0.15) is 0 Å². The van der Waals surface area contributed by atoms with E-state index in [4.69, 9.17) is 9.47 Å². The number of nitrogens with zero attached hydrogens (tertiary/aromatic N) is 2. The molecule has 0 unspecified atom stereocenters. The molecule has 1 aromatic rings. The van der Waals surface area contributed by atoms with Gasteiger partial charge in [-0.25, -0.2) is 0 Å². The van der Waals surface area contributed by atoms with Gasteiger partial charge in [0.1, 0.15) is 18.1 Å². The van der Waals surface area contributed by atoms with Gasteiger partial charge in [-0.05, 0) is 44.7 Å². The molecule has 0 spiro atoms. The van der Waals surface area contributed by atoms with Gasteiger partial charge >= 0.3 is 0 Å². The van der Waals surface area contributed by atoms with Gasteiger partial charge in [0.25, 0.3) is 0 Å². The molecule has 118 valence electrons. The van der Waals surface area contributed by atoms with E-state index >= 15 is 0 Å². The normalized spacial score (nSPS) is 18.4. The molecule has 1 aromatic carbocycles. The number of hydrogen-bond donors (Lipinski definition) is 0. The van der Waals surface area contributed by atoms with Crippen molar-refractivity contribution in [3.63, 3.8) is 0 Å². The highest BCUT2D eigenvalue weighted by atomic mass is 16.5. The summed E-state index contributed by atoms with van der Waals surface area (Å²) in [6.07, 6.45) is 1.28. The van der Waals surface area contributed by atoms with Crippen molar-refractivity contribution in [2.45, 2.75) is 26.4 Å². The van der Waals surface area contributed by atoms with Gasteiger partial charge < -0.3 is 14.4 Å². The first-order valence-corrected chi connectivity index (χ1v) is 7.98. The highest BCUT2D eigenvalue weighted by Gasteiger charge is 2.13. The van der Waals surface area contributed by atoms with E-state index in [1.165, 1.54) is 0 Å². The van der Waals surface area contributed by atoms with Crippen LogP contribution in [0.25, 0.3) is 0 Å². The van der Waals surface area contributed by atoms with Crippen molar-refractivity contribution in [3.8, 4) is 11.5 Å². The van der Waals surface area contributed by atoms with Gasteiger partial charge in [0.15, 0.2) is 0 Å². The molecule has 1 saturated heterocycles. The maximum absolute atomic E-state index is 5.81. The smallest absolute Gasteiger partial charge is 0.119 e. The van der Waals surface area contributed by atoms with Gasteiger partial charge in [-0.15, -0.1) is 0 Å². The van der Waals surface area contributed by atoms with Gasteiger partial charge in [-0.1, -0.05) is 6.92 Å². The van der Waals surface area contributed by atoms with E-state index in [1.54, 1.807) is 0 Å². The summed E-state index contributed by atoms with van der Waals surface area (Å²) in [5, 5.41) is 0. The lowest BCUT2D eigenvalue weighted by atomic mass is 10.3. The van der Waals surface area contributed by atoms with Crippen LogP contribution < -0.4 is 9.47 Å². The molecule has 1 fully saturated rings. The lowest BCUT2D eigenvalue weighted by molar-refractivity contribution is 0.133. The minimum absolute atomic E-state index is 0.258. The van der Waals surface area contributed by atoms with E-state index in [2.05, 4.69) is 30.7 Å². The minimum atomic E-state index is 0.258. The van der Waals surface area contributed by atoms with Crippen LogP contribution in [0.5, 0.6) is 11.5 Å². The Kier molecular flexibility index (Phi) is 6.33. The Morgan fingerprint density at radius 3 is 2.29 bits per heavy atom. The standard InChI is InChI=1S/C17H28N2O2/c1-4-15(2)21-17-7-5-16(6-8-17)20-14-13-19-11-9-18(3)10-12-19/h5-8,15H,4,9-14H2,1-3H3/t15-/m0/s1. The number of piperazine rings is 1. The third-order valence-electron chi connectivity index (χ3n) is 4.01. The molecule has 1 heterocycles. The summed E-state index contributed by atoms with van der Waals surface area (Å²) in [6.45, 7) is 10.5. The van der Waals surface area contributed by atoms with Gasteiger partial charge in [0.2, 0.25) is 0 Å². The largest absolute Gasteiger partial charge is 0.492 e. The Balaban J connectivity index is 1.69. The molecule has 0 bridgehead atoms. The average molecular weight is 292 g/mol. The molecular weight excluding hydrogens is 264 g/mol. The molecule has 1 aliphatic heterocycles. The highest BCUT2D eigenvalue weighted by molar-refractivity contribution is 5.31. The summed E-state index contributed by atoms with van der Waals surface area (Å²) in [4.78, 5) is 4.83. The lowest BCUT2D eigenvalue weighted by Gasteiger charge is -2.32. The molecule has 2 rings (SSSR count). The molecule has 0 aliphatic carbocycles. The van der Waals surface area contributed by atoms with Crippen LogP contribution >= 0.6 is 0 Å². The predicted molar refractivity (Wildman–Crippen MR) is 86.3 cm³/mol. The van der Waals surface area contributed by atoms with Crippen LogP contribution in [0.2, 0.25) is 0 Å². The fourth-order valence-electron chi connectivity index (χ4n) is 2.29. The Labute approximate surface area is 128 Å². The number of ether oxygens (including phenoxy) is 2. The van der Waals surface area contributed by atoms with E-state index in [0.717, 1.165) is 57.3 Å². The molecule has 0 aromatic heterocycles. The Bertz CT molecular complexity index is 400. The maximum Gasteiger partial charge on any atom is 0.119 e. The van der Waals surface area contributed by atoms with Crippen molar-refractivity contribution >= 4 is 0 Å². The van der Waals surface area contributed by atoms with Crippen molar-refractivity contribution < 1.29 is 9.47 Å². The zero-order valence-electron chi connectivity index (χ0n) is 13.5. The molecule has 21 heavy (non-hydrogen) atoms. The fourth-order valence-corrected chi connectivity index (χ4v) is 2.29. The molecule has 4 heteroatoms. The van der Waals surface area contributed by atoms with Crippen molar-refractivity contribution in [1.29, 1.82) is 0 Å². The second-order valence-electron chi connectivity index (χ2n) is 5.80. The molecule has 0 saturated carbocycles. The van der Waals surface area contributed by atoms with Crippen LogP contribution in [-0.4, -0.2) is 62.3 Å². The van der Waals surface area contributed by atoms with Gasteiger partial charge in [-0.3, -0.25) is 4.90 Å². The summed E-state index contributed by atoms with van der Waals surface area (Å²) in [5.74, 6) is 1.83. The number of rotatable bonds is 7. The Morgan fingerprint density at radius 1 is 1.05 bits per heavy atom. The summed E-state index contributed by atoms with van der Waals surface area (Å²) in [5.41, 5.74) is 0. The van der Waals surface area contributed by atoms with Crippen LogP contribution in [0.3, 0.4) is 0 Å². The van der Waals surface area contributed by atoms with Crippen LogP contribution in [0.15, 0.2) is 24.3 Å². The molecule has 4 nitrogen and oxygen atoms in total. The summed E-state index contributed by atoms with van der Waals surface area (Å²) < 4.78 is 11.6. The van der Waals surface area contributed by atoms with Crippen LogP contribution in [0.1, 0.15) is 20.3 Å². The molecule has 1 aliphatic rings. The number of likely N-dealkylation sites (N-methyl/N-ethyl adjacent to an activating group) is 1. The zero-order chi connectivity index (χ0) is 15.1. The third-order valence-corrected chi connectivity index (χ3v) is 4.01. The van der Waals surface area contributed by atoms with Gasteiger partial charge in [0.05, 0.1) is 6.10 Å².